The molecule has 0 bridgehead atoms. The van der Waals surface area contributed by atoms with Crippen molar-refractivity contribution in [3.8, 4) is 0 Å². The van der Waals surface area contributed by atoms with Crippen molar-refractivity contribution in [2.24, 2.45) is 0 Å². The summed E-state index contributed by atoms with van der Waals surface area (Å²) in [4.78, 5) is 14.8. The van der Waals surface area contributed by atoms with Gasteiger partial charge in [-0.3, -0.25) is 0 Å². The minimum atomic E-state index is 0.194. The lowest BCUT2D eigenvalue weighted by molar-refractivity contribution is 0.813. The van der Waals surface area contributed by atoms with E-state index in [2.05, 4.69) is 47.1 Å². The number of anilines is 3. The number of aryl methyl sites for hydroxylation is 2. The molecule has 0 aliphatic carbocycles. The predicted molar refractivity (Wildman–Crippen MR) is 87.6 cm³/mol. The third kappa shape index (κ3) is 3.82. The number of halogens is 1. The molecule has 0 saturated heterocycles. The molecule has 0 fully saturated rings. The van der Waals surface area contributed by atoms with Crippen LogP contribution >= 0.6 is 11.6 Å². The molecule has 0 spiro atoms. The van der Waals surface area contributed by atoms with Crippen molar-refractivity contribution in [3.63, 3.8) is 0 Å². The van der Waals surface area contributed by atoms with Crippen LogP contribution in [0.1, 0.15) is 25.0 Å². The second-order valence-corrected chi connectivity index (χ2v) is 5.18. The quantitative estimate of drug-likeness (QED) is 0.912. The largest absolute Gasteiger partial charge is 0.341 e. The summed E-state index contributed by atoms with van der Waals surface area (Å²) in [5.41, 5.74) is 3.32. The third-order valence-corrected chi connectivity index (χ3v) is 3.44. The zero-order valence-electron chi connectivity index (χ0n) is 12.8. The van der Waals surface area contributed by atoms with Gasteiger partial charge in [-0.15, -0.1) is 0 Å². The summed E-state index contributed by atoms with van der Waals surface area (Å²) < 4.78 is 0. The first-order valence-corrected chi connectivity index (χ1v) is 7.42. The zero-order chi connectivity index (χ0) is 15.4. The normalized spacial score (nSPS) is 10.5. The molecule has 0 amide bonds. The van der Waals surface area contributed by atoms with E-state index in [4.69, 9.17) is 11.6 Å². The molecule has 6 heteroatoms. The van der Waals surface area contributed by atoms with E-state index in [1.807, 2.05) is 24.0 Å². The van der Waals surface area contributed by atoms with Crippen molar-refractivity contribution >= 4 is 29.2 Å². The van der Waals surface area contributed by atoms with Crippen LogP contribution in [0.5, 0.6) is 0 Å². The van der Waals surface area contributed by atoms with Gasteiger partial charge in [-0.2, -0.15) is 15.0 Å². The first-order valence-electron chi connectivity index (χ1n) is 7.04. The SMILES string of the molecule is CCN(CC)c1nc(Cl)nc(Nc2ccc(C)cc2C)n1. The standard InChI is InChI=1S/C15H20ClN5/c1-5-21(6-2)15-19-13(16)18-14(20-15)17-12-8-7-10(3)9-11(12)4/h7-9H,5-6H2,1-4H3,(H,17,18,19,20). The molecule has 1 N–H and O–H groups in total. The molecule has 1 aromatic heterocycles. The molecular formula is C15H20ClN5. The highest BCUT2D eigenvalue weighted by molar-refractivity contribution is 6.28. The summed E-state index contributed by atoms with van der Waals surface area (Å²) in [7, 11) is 0. The molecule has 1 aromatic carbocycles. The van der Waals surface area contributed by atoms with E-state index in [-0.39, 0.29) is 5.28 Å². The van der Waals surface area contributed by atoms with Crippen LogP contribution in [0.4, 0.5) is 17.6 Å². The molecule has 5 nitrogen and oxygen atoms in total. The van der Waals surface area contributed by atoms with E-state index in [1.165, 1.54) is 5.56 Å². The maximum absolute atomic E-state index is 6.01. The van der Waals surface area contributed by atoms with Gasteiger partial charge >= 0.3 is 0 Å². The first kappa shape index (κ1) is 15.5. The molecule has 2 rings (SSSR count). The summed E-state index contributed by atoms with van der Waals surface area (Å²) in [6, 6.07) is 6.17. The van der Waals surface area contributed by atoms with Crippen LogP contribution in [-0.2, 0) is 0 Å². The van der Waals surface area contributed by atoms with Crippen LogP contribution in [0.15, 0.2) is 18.2 Å². The van der Waals surface area contributed by atoms with E-state index in [0.717, 1.165) is 24.3 Å². The van der Waals surface area contributed by atoms with Crippen LogP contribution in [0.25, 0.3) is 0 Å². The van der Waals surface area contributed by atoms with Crippen LogP contribution in [-0.4, -0.2) is 28.0 Å². The van der Waals surface area contributed by atoms with Gasteiger partial charge in [0.25, 0.3) is 0 Å². The van der Waals surface area contributed by atoms with Crippen LogP contribution in [0.2, 0.25) is 5.28 Å². The van der Waals surface area contributed by atoms with E-state index in [0.29, 0.717) is 11.9 Å². The van der Waals surface area contributed by atoms with Crippen molar-refractivity contribution in [2.75, 3.05) is 23.3 Å². The second-order valence-electron chi connectivity index (χ2n) is 4.84. The summed E-state index contributed by atoms with van der Waals surface area (Å²) >= 11 is 6.01. The Morgan fingerprint density at radius 1 is 1.10 bits per heavy atom. The van der Waals surface area contributed by atoms with Crippen molar-refractivity contribution in [1.29, 1.82) is 0 Å². The van der Waals surface area contributed by atoms with Gasteiger partial charge in [0.1, 0.15) is 0 Å². The molecule has 0 atom stereocenters. The summed E-state index contributed by atoms with van der Waals surface area (Å²) in [5.74, 6) is 1.05. The topological polar surface area (TPSA) is 53.9 Å². The van der Waals surface area contributed by atoms with E-state index in [9.17, 15) is 0 Å². The maximum atomic E-state index is 6.01. The average Bonchev–Trinajstić information content (AvgIpc) is 2.43. The minimum Gasteiger partial charge on any atom is -0.341 e. The highest BCUT2D eigenvalue weighted by Gasteiger charge is 2.11. The highest BCUT2D eigenvalue weighted by Crippen LogP contribution is 2.21. The monoisotopic (exact) mass is 305 g/mol. The highest BCUT2D eigenvalue weighted by atomic mass is 35.5. The zero-order valence-corrected chi connectivity index (χ0v) is 13.6. The van der Waals surface area contributed by atoms with E-state index < -0.39 is 0 Å². The summed E-state index contributed by atoms with van der Waals surface area (Å²) in [5, 5.41) is 3.40. The first-order chi connectivity index (χ1) is 10.0. The molecule has 1 heterocycles. The molecule has 21 heavy (non-hydrogen) atoms. The summed E-state index contributed by atoms with van der Waals surface area (Å²) in [6.07, 6.45) is 0. The van der Waals surface area contributed by atoms with Gasteiger partial charge in [-0.05, 0) is 50.9 Å². The van der Waals surface area contributed by atoms with Crippen molar-refractivity contribution in [3.05, 3.63) is 34.6 Å². The fourth-order valence-electron chi connectivity index (χ4n) is 2.12. The van der Waals surface area contributed by atoms with E-state index >= 15 is 0 Å². The van der Waals surface area contributed by atoms with Gasteiger partial charge in [0, 0.05) is 18.8 Å². The lowest BCUT2D eigenvalue weighted by Crippen LogP contribution is -2.24. The summed E-state index contributed by atoms with van der Waals surface area (Å²) in [6.45, 7) is 9.86. The van der Waals surface area contributed by atoms with Gasteiger partial charge in [-0.25, -0.2) is 0 Å². The molecule has 0 radical (unpaired) electrons. The van der Waals surface area contributed by atoms with Gasteiger partial charge in [0.2, 0.25) is 17.2 Å². The smallest absolute Gasteiger partial charge is 0.233 e. The molecule has 112 valence electrons. The van der Waals surface area contributed by atoms with Gasteiger partial charge < -0.3 is 10.2 Å². The van der Waals surface area contributed by atoms with Gasteiger partial charge in [0.05, 0.1) is 0 Å². The Bertz CT molecular complexity index is 625. The molecular weight excluding hydrogens is 286 g/mol. The number of hydrogen-bond acceptors (Lipinski definition) is 5. The lowest BCUT2D eigenvalue weighted by Gasteiger charge is -2.19. The molecule has 0 saturated carbocycles. The Morgan fingerprint density at radius 3 is 2.43 bits per heavy atom. The lowest BCUT2D eigenvalue weighted by atomic mass is 10.1. The molecule has 0 aliphatic heterocycles. The molecule has 0 unspecified atom stereocenters. The number of hydrogen-bond donors (Lipinski definition) is 1. The third-order valence-electron chi connectivity index (χ3n) is 3.27. The van der Waals surface area contributed by atoms with Gasteiger partial charge in [0.15, 0.2) is 0 Å². The van der Waals surface area contributed by atoms with E-state index in [1.54, 1.807) is 0 Å². The number of benzene rings is 1. The number of aromatic nitrogens is 3. The Labute approximate surface area is 130 Å². The van der Waals surface area contributed by atoms with Crippen LogP contribution < -0.4 is 10.2 Å². The molecule has 0 aliphatic rings. The predicted octanol–water partition coefficient (Wildman–Crippen LogP) is 3.73. The Kier molecular flexibility index (Phi) is 4.96. The molecule has 2 aromatic rings. The second kappa shape index (κ2) is 6.72. The Balaban J connectivity index is 2.31. The fourth-order valence-corrected chi connectivity index (χ4v) is 2.27. The Morgan fingerprint density at radius 2 is 1.81 bits per heavy atom. The fraction of sp³-hybridized carbons (Fsp3) is 0.400. The van der Waals surface area contributed by atoms with Crippen molar-refractivity contribution < 1.29 is 0 Å². The minimum absolute atomic E-state index is 0.194. The average molecular weight is 306 g/mol. The number of rotatable bonds is 5. The van der Waals surface area contributed by atoms with Crippen LogP contribution in [0.3, 0.4) is 0 Å². The van der Waals surface area contributed by atoms with Gasteiger partial charge in [-0.1, -0.05) is 17.7 Å². The number of nitrogens with one attached hydrogen (secondary N) is 1. The maximum Gasteiger partial charge on any atom is 0.233 e. The number of nitrogens with zero attached hydrogens (tertiary/aromatic N) is 4. The Hall–Kier alpha value is -1.88. The van der Waals surface area contributed by atoms with Crippen molar-refractivity contribution in [2.45, 2.75) is 27.7 Å². The van der Waals surface area contributed by atoms with Crippen molar-refractivity contribution in [1.82, 2.24) is 15.0 Å². The van der Waals surface area contributed by atoms with Crippen LogP contribution in [0, 0.1) is 13.8 Å².